The maximum atomic E-state index is 13.5. The Morgan fingerprint density at radius 1 is 0.929 bits per heavy atom. The van der Waals surface area contributed by atoms with Gasteiger partial charge in [-0.2, -0.15) is 0 Å². The average molecular weight is 592 g/mol. The number of likely N-dealkylation sites (N-methyl/N-ethyl adjacent to an activating group) is 1. The average Bonchev–Trinajstić information content (AvgIpc) is 3.18. The maximum Gasteiger partial charge on any atom is 0.257 e. The van der Waals surface area contributed by atoms with E-state index in [1.807, 2.05) is 60.5 Å². The highest BCUT2D eigenvalue weighted by atomic mass is 16.5. The fraction of sp³-hybridized carbons (Fsp3) is 0.710. The quantitative estimate of drug-likeness (QED) is 0.234. The summed E-state index contributed by atoms with van der Waals surface area (Å²) >= 11 is 0. The molecule has 1 heterocycles. The fourth-order valence-corrected chi connectivity index (χ4v) is 5.00. The molecule has 42 heavy (non-hydrogen) atoms. The number of carbonyl (C=O) groups is 5. The van der Waals surface area contributed by atoms with Gasteiger partial charge in [-0.25, -0.2) is 0 Å². The molecule has 3 N–H and O–H groups in total. The zero-order valence-electron chi connectivity index (χ0n) is 27.3. The van der Waals surface area contributed by atoms with Gasteiger partial charge in [-0.3, -0.25) is 33.8 Å². The van der Waals surface area contributed by atoms with Gasteiger partial charge in [-0.05, 0) is 58.5 Å². The van der Waals surface area contributed by atoms with Gasteiger partial charge in [-0.15, -0.1) is 0 Å². The highest BCUT2D eigenvalue weighted by Gasteiger charge is 2.35. The van der Waals surface area contributed by atoms with Crippen LogP contribution >= 0.6 is 0 Å². The van der Waals surface area contributed by atoms with E-state index in [0.29, 0.717) is 18.6 Å². The number of methoxy groups -OCH3 is 1. The minimum absolute atomic E-state index is 0.0914. The lowest BCUT2D eigenvalue weighted by Crippen LogP contribution is -2.57. The third kappa shape index (κ3) is 10.9. The minimum Gasteiger partial charge on any atom is -0.499 e. The molecule has 0 unspecified atom stereocenters. The first-order valence-corrected chi connectivity index (χ1v) is 14.9. The van der Waals surface area contributed by atoms with E-state index < -0.39 is 53.8 Å². The Kier molecular flexibility index (Phi) is 14.9. The third-order valence-electron chi connectivity index (χ3n) is 7.36. The number of nitrogens with zero attached hydrogens (tertiary/aromatic N) is 2. The van der Waals surface area contributed by atoms with Crippen molar-refractivity contribution >= 4 is 29.5 Å². The molecule has 0 aromatic heterocycles. The number of hydrogen-bond donors (Lipinski definition) is 3. The van der Waals surface area contributed by atoms with Crippen LogP contribution in [0.2, 0.25) is 0 Å². The van der Waals surface area contributed by atoms with Gasteiger partial charge in [-0.1, -0.05) is 54.0 Å². The van der Waals surface area contributed by atoms with Crippen molar-refractivity contribution in [3.8, 4) is 0 Å². The lowest BCUT2D eigenvalue weighted by Gasteiger charge is -2.31. The zero-order chi connectivity index (χ0) is 32.3. The van der Waals surface area contributed by atoms with Crippen LogP contribution in [0.4, 0.5) is 0 Å². The molecule has 0 aliphatic carbocycles. The molecule has 0 aromatic carbocycles. The van der Waals surface area contributed by atoms with Gasteiger partial charge in [0.25, 0.3) is 11.8 Å². The Morgan fingerprint density at radius 3 is 1.86 bits per heavy atom. The summed E-state index contributed by atoms with van der Waals surface area (Å²) in [6.07, 6.45) is 5.63. The summed E-state index contributed by atoms with van der Waals surface area (Å²) in [7, 11) is 5.13. The molecule has 0 saturated carbocycles. The van der Waals surface area contributed by atoms with E-state index >= 15 is 0 Å². The number of nitrogens with one attached hydrogen (secondary N) is 3. The maximum absolute atomic E-state index is 13.5. The summed E-state index contributed by atoms with van der Waals surface area (Å²) in [5.74, 6) is -1.31. The summed E-state index contributed by atoms with van der Waals surface area (Å²) in [4.78, 5) is 67.8. The molecule has 1 aliphatic rings. The summed E-state index contributed by atoms with van der Waals surface area (Å²) in [6.45, 7) is 15.3. The molecule has 0 aromatic rings. The highest BCUT2D eigenvalue weighted by molar-refractivity contribution is 6.07. The lowest BCUT2D eigenvalue weighted by molar-refractivity contribution is -0.139. The van der Waals surface area contributed by atoms with Crippen LogP contribution in [-0.4, -0.2) is 90.8 Å². The van der Waals surface area contributed by atoms with Crippen molar-refractivity contribution < 1.29 is 28.7 Å². The van der Waals surface area contributed by atoms with Crippen molar-refractivity contribution in [1.82, 2.24) is 25.8 Å². The molecular weight excluding hydrogens is 538 g/mol. The van der Waals surface area contributed by atoms with Crippen LogP contribution in [0.5, 0.6) is 0 Å². The Labute approximate surface area is 251 Å². The van der Waals surface area contributed by atoms with Crippen LogP contribution in [0.15, 0.2) is 24.0 Å². The second-order valence-corrected chi connectivity index (χ2v) is 12.3. The number of rotatable bonds is 16. The van der Waals surface area contributed by atoms with E-state index in [1.54, 1.807) is 13.8 Å². The van der Waals surface area contributed by atoms with Crippen LogP contribution in [0.3, 0.4) is 0 Å². The molecule has 5 amide bonds. The Morgan fingerprint density at radius 2 is 1.43 bits per heavy atom. The predicted molar refractivity (Wildman–Crippen MR) is 163 cm³/mol. The zero-order valence-corrected chi connectivity index (χ0v) is 27.3. The molecule has 11 nitrogen and oxygen atoms in total. The molecule has 238 valence electrons. The van der Waals surface area contributed by atoms with Crippen molar-refractivity contribution in [3.05, 3.63) is 24.0 Å². The van der Waals surface area contributed by atoms with Gasteiger partial charge in [0.15, 0.2) is 0 Å². The minimum atomic E-state index is -0.844. The lowest BCUT2D eigenvalue weighted by atomic mass is 9.96. The normalized spacial score (nSPS) is 19.0. The van der Waals surface area contributed by atoms with E-state index in [0.717, 1.165) is 11.3 Å². The van der Waals surface area contributed by atoms with E-state index in [-0.39, 0.29) is 23.7 Å². The first kappa shape index (κ1) is 36.8. The van der Waals surface area contributed by atoms with Gasteiger partial charge in [0.2, 0.25) is 17.7 Å². The van der Waals surface area contributed by atoms with Gasteiger partial charge < -0.3 is 20.7 Å². The molecule has 0 bridgehead atoms. The number of ether oxygens (including phenoxy) is 1. The molecule has 0 radical (unpaired) electrons. The largest absolute Gasteiger partial charge is 0.499 e. The SMILES string of the molecule is CC[C@H](C)[C@@H](C(=O)N[C@@H](CC(C)C)C(=O)N[C@@H](CC(C)C)C(=O)N[C@@H](C)/C=C/C(=O)N1C(=O)C=C(OC)[C@@H]1C)N(C)C. The van der Waals surface area contributed by atoms with Gasteiger partial charge in [0.1, 0.15) is 17.8 Å². The Hall–Kier alpha value is -3.21. The molecule has 0 spiro atoms. The van der Waals surface area contributed by atoms with E-state index in [9.17, 15) is 24.0 Å². The molecule has 1 rings (SSSR count). The second-order valence-electron chi connectivity index (χ2n) is 12.3. The molecular formula is C31H53N5O6. The van der Waals surface area contributed by atoms with Crippen molar-refractivity contribution in [3.63, 3.8) is 0 Å². The van der Waals surface area contributed by atoms with Crippen LogP contribution in [0.1, 0.15) is 74.7 Å². The van der Waals surface area contributed by atoms with Crippen LogP contribution in [-0.2, 0) is 28.7 Å². The Bertz CT molecular complexity index is 1020. The van der Waals surface area contributed by atoms with E-state index in [2.05, 4.69) is 16.0 Å². The van der Waals surface area contributed by atoms with Crippen molar-refractivity contribution in [2.75, 3.05) is 21.2 Å². The summed E-state index contributed by atoms with van der Waals surface area (Å²) in [6, 6.07) is -3.11. The molecule has 1 aliphatic heterocycles. The van der Waals surface area contributed by atoms with E-state index in [4.69, 9.17) is 4.74 Å². The van der Waals surface area contributed by atoms with E-state index in [1.165, 1.54) is 25.3 Å². The second kappa shape index (κ2) is 17.0. The summed E-state index contributed by atoms with van der Waals surface area (Å²) in [5.41, 5.74) is 0. The van der Waals surface area contributed by atoms with Crippen molar-refractivity contribution in [2.45, 2.75) is 105 Å². The molecule has 0 saturated heterocycles. The predicted octanol–water partition coefficient (Wildman–Crippen LogP) is 2.37. The standard InChI is InChI=1S/C31H53N5O6/c1-12-20(6)28(35(9)10)31(41)34-24(16-19(4)5)30(40)33-23(15-18(2)3)29(39)32-21(7)13-14-26(37)36-22(8)25(42-11)17-27(36)38/h13-14,17-24,28H,12,15-16H2,1-11H3,(H,32,39)(H,33,40)(H,34,41)/b14-13+/t20-,21-,22-,23-,24-,28-/m0/s1. The van der Waals surface area contributed by atoms with Gasteiger partial charge >= 0.3 is 0 Å². The van der Waals surface area contributed by atoms with Crippen LogP contribution in [0, 0.1) is 17.8 Å². The third-order valence-corrected chi connectivity index (χ3v) is 7.36. The number of hydrogen-bond acceptors (Lipinski definition) is 7. The van der Waals surface area contributed by atoms with Crippen molar-refractivity contribution in [1.29, 1.82) is 0 Å². The monoisotopic (exact) mass is 591 g/mol. The molecule has 11 heteroatoms. The summed E-state index contributed by atoms with van der Waals surface area (Å²) < 4.78 is 5.14. The topological polar surface area (TPSA) is 137 Å². The number of imide groups is 1. The number of carbonyl (C=O) groups excluding carboxylic acids is 5. The smallest absolute Gasteiger partial charge is 0.257 e. The first-order valence-electron chi connectivity index (χ1n) is 14.9. The highest BCUT2D eigenvalue weighted by Crippen LogP contribution is 2.20. The van der Waals surface area contributed by atoms with Gasteiger partial charge in [0.05, 0.1) is 19.2 Å². The van der Waals surface area contributed by atoms with Gasteiger partial charge in [0, 0.05) is 18.2 Å². The summed E-state index contributed by atoms with van der Waals surface area (Å²) in [5, 5.41) is 8.63. The van der Waals surface area contributed by atoms with Crippen molar-refractivity contribution in [2.24, 2.45) is 17.8 Å². The first-order chi connectivity index (χ1) is 19.5. The molecule has 0 fully saturated rings. The Balaban J connectivity index is 2.99. The van der Waals surface area contributed by atoms with Crippen LogP contribution in [0.25, 0.3) is 0 Å². The number of amides is 5. The fourth-order valence-electron chi connectivity index (χ4n) is 5.00. The molecule has 6 atom stereocenters. The van der Waals surface area contributed by atoms with Crippen LogP contribution < -0.4 is 16.0 Å².